The smallest absolute Gasteiger partial charge is 0.323 e. The van der Waals surface area contributed by atoms with Gasteiger partial charge in [-0.3, -0.25) is 76.8 Å². The second kappa shape index (κ2) is 48.4. The number of hydrogen-bond acceptors (Lipinski definition) is 20. The number of nitrogens with zero attached hydrogens (tertiary/aromatic N) is 6. The normalized spacial score (nSPS) is 16.1. The Morgan fingerprint density at radius 3 is 1.78 bits per heavy atom. The highest BCUT2D eigenvalue weighted by molar-refractivity contribution is 7.99. The van der Waals surface area contributed by atoms with Crippen LogP contribution in [-0.2, 0) is 103 Å². The summed E-state index contributed by atoms with van der Waals surface area (Å²) in [6.07, 6.45) is 8.26. The van der Waals surface area contributed by atoms with E-state index < -0.39 is 175 Å². The standard InChI is InChI=1S/C86H124N18O18S/c1-11-13-24-68(101(10)86(122)71(99(7)8)25-14-12-2)80(116)95-61(37-51(3)4)77(113)89-33-36-123-50-75(110)94-64(39-53-29-31-57(106)32-30-53)83(119)100(9)47-74(109)93-65(42-72(88)107)85(121)104-35-20-28-70(104)82(118)98-66(43-87)79(115)97-63(38-52(5)6)84(120)103-34-19-27-69(103)81(117)96-62(41-54-44-90-60-23-17-15-21-58(54)60)78(114)91-45-73(108)92-56(49-105)40-55-46-102(48-76(111)112)67-26-18-16-22-59(55)67/h15-18,21-23,26,29-32,44,46,49,51-52,56,61-66,68-71,90,106H,11-14,19-20,24-25,27-28,33-43,45,47-48,50,87H2,1-10H3,(H2,88,107)(H,89,113)(H,91,114)(H,92,108)(H,93,109)(H,94,110)(H,95,116)(H,96,117)(H,97,115)(H,98,118)(H,111,112)/t56-,61-,62-,63-,64-,65-,66-,68-,69+,70?,71-/m0/s1. The van der Waals surface area contributed by atoms with Crippen LogP contribution in [-0.4, -0.2) is 285 Å². The van der Waals surface area contributed by atoms with Crippen LogP contribution in [0.4, 0.5) is 0 Å². The number of carbonyl (C=O) groups excluding carboxylic acids is 15. The van der Waals surface area contributed by atoms with Crippen molar-refractivity contribution in [1.29, 1.82) is 0 Å². The molecule has 7 rings (SSSR count). The Labute approximate surface area is 721 Å². The molecule has 2 saturated heterocycles. The topological polar surface area (TPSA) is 511 Å². The summed E-state index contributed by atoms with van der Waals surface area (Å²) in [5.41, 5.74) is 14.9. The molecule has 0 saturated carbocycles. The van der Waals surface area contributed by atoms with Crippen molar-refractivity contribution in [1.82, 2.24) is 81.9 Å². The fourth-order valence-corrected chi connectivity index (χ4v) is 16.1. The molecule has 123 heavy (non-hydrogen) atoms. The quantitative estimate of drug-likeness (QED) is 0.0191. The number of aromatic nitrogens is 2. The maximum Gasteiger partial charge on any atom is 0.323 e. The number of nitrogens with two attached hydrogens (primary N) is 2. The minimum absolute atomic E-state index is 0.000199. The number of para-hydroxylation sites is 2. The van der Waals surface area contributed by atoms with Crippen LogP contribution in [0.3, 0.4) is 0 Å². The number of nitrogens with one attached hydrogen (secondary N) is 10. The number of rotatable bonds is 50. The zero-order valence-electron chi connectivity index (χ0n) is 72.0. The molecule has 2 aliphatic heterocycles. The average Bonchev–Trinajstić information content (AvgIpc) is 1.65. The van der Waals surface area contributed by atoms with Crippen LogP contribution in [0, 0.1) is 11.8 Å². The zero-order valence-corrected chi connectivity index (χ0v) is 72.8. The molecule has 0 bridgehead atoms. The van der Waals surface area contributed by atoms with Gasteiger partial charge >= 0.3 is 5.97 Å². The van der Waals surface area contributed by atoms with Crippen molar-refractivity contribution in [3.63, 3.8) is 0 Å². The number of fused-ring (bicyclic) bond motifs is 2. The highest BCUT2D eigenvalue weighted by atomic mass is 32.2. The van der Waals surface area contributed by atoms with E-state index in [-0.39, 0.29) is 106 Å². The number of benzene rings is 3. The third-order valence-corrected chi connectivity index (χ3v) is 22.7. The van der Waals surface area contributed by atoms with E-state index in [1.807, 2.05) is 64.9 Å². The number of aromatic hydroxyl groups is 1. The summed E-state index contributed by atoms with van der Waals surface area (Å²) in [6.45, 7) is 9.40. The Morgan fingerprint density at radius 2 is 1.18 bits per heavy atom. The summed E-state index contributed by atoms with van der Waals surface area (Å²) < 4.78 is 1.52. The van der Waals surface area contributed by atoms with Gasteiger partial charge in [-0.1, -0.05) is 116 Å². The molecule has 0 aliphatic carbocycles. The Morgan fingerprint density at radius 1 is 0.602 bits per heavy atom. The van der Waals surface area contributed by atoms with Gasteiger partial charge in [0.15, 0.2) is 0 Å². The van der Waals surface area contributed by atoms with Crippen molar-refractivity contribution < 1.29 is 86.9 Å². The van der Waals surface area contributed by atoms with Crippen LogP contribution in [0.2, 0.25) is 0 Å². The fourth-order valence-electron chi connectivity index (χ4n) is 15.4. The molecule has 3 aromatic carbocycles. The number of aliphatic carboxylic acids is 1. The predicted octanol–water partition coefficient (Wildman–Crippen LogP) is 1.00. The molecule has 36 nitrogen and oxygen atoms in total. The van der Waals surface area contributed by atoms with Gasteiger partial charge in [0.1, 0.15) is 73.0 Å². The number of aromatic amines is 1. The Hall–Kier alpha value is -11.5. The third-order valence-electron chi connectivity index (χ3n) is 21.8. The van der Waals surface area contributed by atoms with Crippen molar-refractivity contribution >= 4 is 129 Å². The monoisotopic (exact) mass is 1730 g/mol. The van der Waals surface area contributed by atoms with Gasteiger partial charge in [0.25, 0.3) is 0 Å². The second-order valence-electron chi connectivity index (χ2n) is 32.7. The molecule has 672 valence electrons. The summed E-state index contributed by atoms with van der Waals surface area (Å²) in [4.78, 5) is 231. The summed E-state index contributed by atoms with van der Waals surface area (Å²) in [5.74, 6) is -11.2. The largest absolute Gasteiger partial charge is 0.508 e. The van der Waals surface area contributed by atoms with Crippen molar-refractivity contribution in [2.45, 2.75) is 217 Å². The van der Waals surface area contributed by atoms with Crippen molar-refractivity contribution in [2.75, 3.05) is 79.0 Å². The number of unbranched alkanes of at least 4 members (excludes halogenated alkanes) is 2. The first-order valence-electron chi connectivity index (χ1n) is 42.1. The zero-order chi connectivity index (χ0) is 90.3. The molecule has 5 aromatic rings. The van der Waals surface area contributed by atoms with E-state index in [4.69, 9.17) is 11.5 Å². The van der Waals surface area contributed by atoms with E-state index >= 15 is 0 Å². The van der Waals surface area contributed by atoms with E-state index in [1.54, 1.807) is 75.8 Å². The molecular weight excluding hydrogens is 1610 g/mol. The molecule has 16 N–H and O–H groups in total. The lowest BCUT2D eigenvalue weighted by molar-refractivity contribution is -0.144. The molecule has 2 aliphatic rings. The van der Waals surface area contributed by atoms with Gasteiger partial charge in [0, 0.05) is 99.5 Å². The number of carboxylic acids is 1. The van der Waals surface area contributed by atoms with Gasteiger partial charge in [-0.15, -0.1) is 0 Å². The third kappa shape index (κ3) is 29.4. The fraction of sp³-hybridized carbons (Fsp3) is 0.558. The van der Waals surface area contributed by atoms with Gasteiger partial charge < -0.3 is 103 Å². The van der Waals surface area contributed by atoms with Crippen LogP contribution >= 0.6 is 11.8 Å². The SMILES string of the molecule is CCCC[C@@H](C(=O)N(C)[C@@H](CCCC)C(=O)N[C@@H](CC(C)C)C(=O)NCCSCC(=O)N[C@@H](Cc1ccc(O)cc1)C(=O)N(C)CC(=O)N[C@@H](CC(N)=O)C(=O)N1CCCC1C(=O)N[C@@H](CN)C(=O)N[C@@H](CC(C)C)C(=O)N1CCC[C@@H]1C(=O)N[C@@H](Cc1c[nH]c2ccccc12)C(=O)NCC(=O)N[C@H](C=O)Cc1cn(CC(=O)O)c2ccccc12)N(C)C. The molecule has 2 fully saturated rings. The lowest BCUT2D eigenvalue weighted by atomic mass is 10.0. The molecule has 0 spiro atoms. The minimum Gasteiger partial charge on any atom is -0.508 e. The molecular formula is C86H124N18O18S. The Kier molecular flexibility index (Phi) is 38.8. The Balaban J connectivity index is 0.942. The molecule has 0 radical (unpaired) electrons. The number of H-pyrrole nitrogens is 1. The molecule has 37 heteroatoms. The highest BCUT2D eigenvalue weighted by Crippen LogP contribution is 2.27. The number of primary amides is 1. The van der Waals surface area contributed by atoms with E-state index in [9.17, 15) is 86.9 Å². The first kappa shape index (κ1) is 98.6. The number of hydrogen-bond donors (Lipinski definition) is 14. The van der Waals surface area contributed by atoms with Crippen LogP contribution in [0.5, 0.6) is 5.75 Å². The van der Waals surface area contributed by atoms with Gasteiger partial charge in [-0.05, 0) is 118 Å². The molecule has 4 heterocycles. The van der Waals surface area contributed by atoms with E-state index in [0.29, 0.717) is 66.0 Å². The van der Waals surface area contributed by atoms with Gasteiger partial charge in [-0.2, -0.15) is 11.8 Å². The van der Waals surface area contributed by atoms with Crippen molar-refractivity contribution in [2.24, 2.45) is 23.3 Å². The number of likely N-dealkylation sites (tertiary alicyclic amines) is 2. The van der Waals surface area contributed by atoms with Gasteiger partial charge in [0.05, 0.1) is 37.3 Å². The van der Waals surface area contributed by atoms with Crippen LogP contribution in [0.15, 0.2) is 85.2 Å². The number of aldehydes is 1. The molecule has 14 amide bonds. The van der Waals surface area contributed by atoms with E-state index in [1.165, 1.54) is 33.5 Å². The van der Waals surface area contributed by atoms with Crippen molar-refractivity contribution in [3.05, 3.63) is 102 Å². The number of amides is 14. The van der Waals surface area contributed by atoms with Crippen LogP contribution < -0.4 is 59.3 Å². The van der Waals surface area contributed by atoms with E-state index in [0.717, 1.165) is 51.7 Å². The lowest BCUT2D eigenvalue weighted by Gasteiger charge is -2.34. The highest BCUT2D eigenvalue weighted by Gasteiger charge is 2.43. The molecule has 2 aromatic heterocycles. The Bertz CT molecular complexity index is 4520. The maximum atomic E-state index is 14.8. The van der Waals surface area contributed by atoms with Crippen LogP contribution in [0.25, 0.3) is 21.8 Å². The predicted molar refractivity (Wildman–Crippen MR) is 462 cm³/mol. The number of carbonyl (C=O) groups is 16. The van der Waals surface area contributed by atoms with Crippen LogP contribution in [0.1, 0.15) is 142 Å². The minimum atomic E-state index is -1.67. The summed E-state index contributed by atoms with van der Waals surface area (Å²) in [7, 11) is 6.57. The number of likely N-dealkylation sites (N-methyl/N-ethyl adjacent to an activating group) is 3. The van der Waals surface area contributed by atoms with Crippen molar-refractivity contribution in [3.8, 4) is 5.75 Å². The van der Waals surface area contributed by atoms with Gasteiger partial charge in [0.2, 0.25) is 82.7 Å². The number of carboxylic acid groups (broad SMARTS) is 1. The molecule has 11 atom stereocenters. The number of thioether (sulfide) groups is 1. The first-order chi connectivity index (χ1) is 58.6. The second-order valence-corrected chi connectivity index (χ2v) is 33.8. The lowest BCUT2D eigenvalue weighted by Crippen LogP contribution is -2.61. The summed E-state index contributed by atoms with van der Waals surface area (Å²) in [6, 6.07) is 7.36. The number of phenolic OH excluding ortho intramolecular Hbond substituents is 1. The molecule has 1 unspecified atom stereocenters. The van der Waals surface area contributed by atoms with E-state index in [2.05, 4.69) is 52.8 Å². The average molecular weight is 1730 g/mol. The first-order valence-corrected chi connectivity index (χ1v) is 43.3. The van der Waals surface area contributed by atoms with Gasteiger partial charge in [-0.25, -0.2) is 0 Å². The number of phenols is 1. The summed E-state index contributed by atoms with van der Waals surface area (Å²) in [5, 5.41) is 45.3. The summed E-state index contributed by atoms with van der Waals surface area (Å²) >= 11 is 1.14. The maximum absolute atomic E-state index is 14.8.